The quantitative estimate of drug-likeness (QED) is 0.503. The van der Waals surface area contributed by atoms with E-state index in [4.69, 9.17) is 10.8 Å². The Morgan fingerprint density at radius 3 is 2.50 bits per heavy atom. The molecule has 0 saturated heterocycles. The van der Waals surface area contributed by atoms with Gasteiger partial charge >= 0.3 is 12.1 Å². The maximum absolute atomic E-state index is 10.7. The number of nitrogens with two attached hydrogens (primary N) is 1. The number of amides is 2. The number of hydrogen-bond acceptors (Lipinski definition) is 4. The Labute approximate surface area is 79.5 Å². The molecule has 0 bridgehead atoms. The van der Waals surface area contributed by atoms with E-state index in [1.807, 2.05) is 5.32 Å². The van der Waals surface area contributed by atoms with Gasteiger partial charge in [0.2, 0.25) is 5.91 Å². The molecule has 4 N–H and O–H groups in total. The van der Waals surface area contributed by atoms with Crippen molar-refractivity contribution in [2.45, 2.75) is 12.5 Å². The Hall–Kier alpha value is -2.05. The summed E-state index contributed by atoms with van der Waals surface area (Å²) in [5.74, 6) is -2.21. The lowest BCUT2D eigenvalue weighted by molar-refractivity contribution is -0.141. The highest BCUT2D eigenvalue weighted by Crippen LogP contribution is 1.92. The van der Waals surface area contributed by atoms with Gasteiger partial charge in [-0.2, -0.15) is 0 Å². The lowest BCUT2D eigenvalue weighted by atomic mass is 10.2. The molecule has 0 aromatic carbocycles. The maximum Gasteiger partial charge on any atom is 0.412 e. The van der Waals surface area contributed by atoms with Crippen molar-refractivity contribution in [1.82, 2.24) is 5.32 Å². The maximum atomic E-state index is 10.7. The number of hydrogen-bond donors (Lipinski definition) is 3. The van der Waals surface area contributed by atoms with Gasteiger partial charge in [0.25, 0.3) is 0 Å². The zero-order chi connectivity index (χ0) is 11.1. The van der Waals surface area contributed by atoms with Crippen LogP contribution in [-0.2, 0) is 14.3 Å². The fourth-order valence-corrected chi connectivity index (χ4v) is 0.653. The molecule has 0 saturated carbocycles. The molecule has 0 rings (SSSR count). The second-order valence-corrected chi connectivity index (χ2v) is 2.28. The Balaban J connectivity index is 4.22. The van der Waals surface area contributed by atoms with Gasteiger partial charge in [0.05, 0.1) is 12.7 Å². The lowest BCUT2D eigenvalue weighted by Gasteiger charge is -2.10. The van der Waals surface area contributed by atoms with Crippen molar-refractivity contribution in [2.24, 2.45) is 5.73 Å². The Bertz CT molecular complexity index is 263. The van der Waals surface area contributed by atoms with Crippen molar-refractivity contribution in [2.75, 3.05) is 0 Å². The zero-order valence-electron chi connectivity index (χ0n) is 7.23. The monoisotopic (exact) mass is 202 g/mol. The van der Waals surface area contributed by atoms with Crippen molar-refractivity contribution in [1.29, 1.82) is 0 Å². The van der Waals surface area contributed by atoms with Crippen LogP contribution in [0.1, 0.15) is 6.42 Å². The number of ether oxygens (including phenoxy) is 1. The van der Waals surface area contributed by atoms with Crippen LogP contribution in [0.5, 0.6) is 0 Å². The molecule has 7 heteroatoms. The molecule has 78 valence electrons. The largest absolute Gasteiger partial charge is 0.480 e. The molecule has 0 aromatic heterocycles. The molecule has 0 spiro atoms. The third-order valence-electron chi connectivity index (χ3n) is 1.19. The molecule has 0 aliphatic rings. The molecule has 0 aliphatic heterocycles. The summed E-state index contributed by atoms with van der Waals surface area (Å²) >= 11 is 0. The van der Waals surface area contributed by atoms with Crippen LogP contribution in [0.4, 0.5) is 4.79 Å². The fourth-order valence-electron chi connectivity index (χ4n) is 0.653. The predicted octanol–water partition coefficient (Wildman–Crippen LogP) is -0.815. The summed E-state index contributed by atoms with van der Waals surface area (Å²) in [6.45, 7) is 3.09. The average molecular weight is 202 g/mol. The highest BCUT2D eigenvalue weighted by molar-refractivity contribution is 5.86. The van der Waals surface area contributed by atoms with E-state index in [9.17, 15) is 14.4 Å². The minimum atomic E-state index is -1.39. The van der Waals surface area contributed by atoms with Crippen LogP contribution < -0.4 is 11.1 Å². The number of aliphatic carboxylic acids is 1. The number of rotatable bonds is 5. The number of alkyl carbamates (subject to hydrolysis) is 1. The van der Waals surface area contributed by atoms with Crippen LogP contribution in [0, 0.1) is 0 Å². The van der Waals surface area contributed by atoms with Crippen LogP contribution in [0.3, 0.4) is 0 Å². The molecular weight excluding hydrogens is 192 g/mol. The second-order valence-electron chi connectivity index (χ2n) is 2.28. The van der Waals surface area contributed by atoms with Gasteiger partial charge in [-0.05, 0) is 0 Å². The van der Waals surface area contributed by atoms with Gasteiger partial charge in [0, 0.05) is 0 Å². The van der Waals surface area contributed by atoms with Gasteiger partial charge in [-0.1, -0.05) is 6.58 Å². The average Bonchev–Trinajstić information content (AvgIpc) is 2.02. The first kappa shape index (κ1) is 11.9. The van der Waals surface area contributed by atoms with Crippen molar-refractivity contribution >= 4 is 18.0 Å². The van der Waals surface area contributed by atoms with E-state index in [1.54, 1.807) is 0 Å². The normalized spacial score (nSPS) is 11.1. The topological polar surface area (TPSA) is 119 Å². The number of carboxylic acids is 1. The van der Waals surface area contributed by atoms with E-state index in [0.717, 1.165) is 6.26 Å². The summed E-state index contributed by atoms with van der Waals surface area (Å²) < 4.78 is 4.20. The molecule has 14 heavy (non-hydrogen) atoms. The van der Waals surface area contributed by atoms with Crippen LogP contribution in [0.15, 0.2) is 12.8 Å². The van der Waals surface area contributed by atoms with E-state index in [-0.39, 0.29) is 0 Å². The number of carbonyl (C=O) groups excluding carboxylic acids is 2. The van der Waals surface area contributed by atoms with Crippen molar-refractivity contribution < 1.29 is 24.2 Å². The zero-order valence-corrected chi connectivity index (χ0v) is 7.23. The third-order valence-corrected chi connectivity index (χ3v) is 1.19. The highest BCUT2D eigenvalue weighted by Gasteiger charge is 2.22. The van der Waals surface area contributed by atoms with Crippen molar-refractivity contribution in [3.05, 3.63) is 12.8 Å². The van der Waals surface area contributed by atoms with Gasteiger partial charge in [0.1, 0.15) is 6.04 Å². The van der Waals surface area contributed by atoms with Gasteiger partial charge in [-0.15, -0.1) is 0 Å². The van der Waals surface area contributed by atoms with Crippen molar-refractivity contribution in [3.63, 3.8) is 0 Å². The molecule has 0 fully saturated rings. The number of carbonyl (C=O) groups is 3. The third kappa shape index (κ3) is 4.75. The first-order chi connectivity index (χ1) is 6.47. The molecule has 0 aromatic rings. The smallest absolute Gasteiger partial charge is 0.412 e. The van der Waals surface area contributed by atoms with Gasteiger partial charge in [-0.25, -0.2) is 9.59 Å². The first-order valence-electron chi connectivity index (χ1n) is 3.56. The van der Waals surface area contributed by atoms with Crippen LogP contribution in [0.2, 0.25) is 0 Å². The molecule has 0 aliphatic carbocycles. The first-order valence-corrected chi connectivity index (χ1v) is 3.56. The number of nitrogens with one attached hydrogen (secondary N) is 1. The summed E-state index contributed by atoms with van der Waals surface area (Å²) in [7, 11) is 0. The van der Waals surface area contributed by atoms with E-state index in [0.29, 0.717) is 0 Å². The highest BCUT2D eigenvalue weighted by atomic mass is 16.5. The Kier molecular flexibility index (Phi) is 4.76. The minimum Gasteiger partial charge on any atom is -0.480 e. The van der Waals surface area contributed by atoms with Gasteiger partial charge < -0.3 is 20.9 Å². The molecule has 0 heterocycles. The molecular formula is C7H10N2O5. The standard InChI is InChI=1S/C7H10N2O5/c1-2-14-7(13)9-4(6(11)12)3-5(8)10/h2,4H,1,3H2,(H2,8,10)(H,9,13)(H,11,12)/t4-/m0/s1. The SMILES string of the molecule is C=COC(=O)N[C@@H](CC(N)=O)C(=O)O. The van der Waals surface area contributed by atoms with Crippen molar-refractivity contribution in [3.8, 4) is 0 Å². The number of carboxylic acid groups (broad SMARTS) is 1. The number of primary amides is 1. The van der Waals surface area contributed by atoms with E-state index in [2.05, 4.69) is 11.3 Å². The molecule has 0 radical (unpaired) electrons. The lowest BCUT2D eigenvalue weighted by Crippen LogP contribution is -2.43. The Morgan fingerprint density at radius 2 is 2.14 bits per heavy atom. The molecule has 2 amide bonds. The summed E-state index contributed by atoms with van der Waals surface area (Å²) in [5, 5.41) is 10.5. The van der Waals surface area contributed by atoms with Gasteiger partial charge in [0.15, 0.2) is 0 Å². The molecule has 0 unspecified atom stereocenters. The minimum absolute atomic E-state index is 0.498. The van der Waals surface area contributed by atoms with Crippen LogP contribution in [-0.4, -0.2) is 29.1 Å². The predicted molar refractivity (Wildman–Crippen MR) is 45.0 cm³/mol. The summed E-state index contributed by atoms with van der Waals surface area (Å²) in [4.78, 5) is 31.6. The fraction of sp³-hybridized carbons (Fsp3) is 0.286. The summed E-state index contributed by atoms with van der Waals surface area (Å²) in [5.41, 5.74) is 4.77. The molecule has 1 atom stereocenters. The molecule has 7 nitrogen and oxygen atoms in total. The van der Waals surface area contributed by atoms with Crippen LogP contribution >= 0.6 is 0 Å². The van der Waals surface area contributed by atoms with Crippen LogP contribution in [0.25, 0.3) is 0 Å². The summed E-state index contributed by atoms with van der Waals surface area (Å²) in [6.07, 6.45) is -0.672. The van der Waals surface area contributed by atoms with E-state index < -0.39 is 30.4 Å². The van der Waals surface area contributed by atoms with E-state index >= 15 is 0 Å². The second kappa shape index (κ2) is 5.57. The Morgan fingerprint density at radius 1 is 1.57 bits per heavy atom. The van der Waals surface area contributed by atoms with Gasteiger partial charge in [-0.3, -0.25) is 4.79 Å². The van der Waals surface area contributed by atoms with E-state index in [1.165, 1.54) is 0 Å². The summed E-state index contributed by atoms with van der Waals surface area (Å²) in [6, 6.07) is -1.39.